The molecule has 0 radical (unpaired) electrons. The Morgan fingerprint density at radius 3 is 2.70 bits per heavy atom. The molecule has 1 aliphatic rings. The van der Waals surface area contributed by atoms with E-state index in [4.69, 9.17) is 0 Å². The number of nitrogens with one attached hydrogen (secondary N) is 2. The second-order valence-electron chi connectivity index (χ2n) is 7.77. The average molecular weight is 390 g/mol. The third kappa shape index (κ3) is 3.39. The number of H-pyrrole nitrogens is 1. The van der Waals surface area contributed by atoms with Gasteiger partial charge in [0.1, 0.15) is 5.82 Å². The Labute approximate surface area is 157 Å². The van der Waals surface area contributed by atoms with E-state index < -0.39 is 10.0 Å². The molecule has 11 heteroatoms. The van der Waals surface area contributed by atoms with Crippen LogP contribution < -0.4 is 9.62 Å². The first-order valence-electron chi connectivity index (χ1n) is 8.70. The van der Waals surface area contributed by atoms with Crippen molar-refractivity contribution in [3.8, 4) is 0 Å². The number of imidazole rings is 1. The van der Waals surface area contributed by atoms with E-state index in [0.29, 0.717) is 12.2 Å². The van der Waals surface area contributed by atoms with Gasteiger partial charge in [0.25, 0.3) is 10.0 Å². The minimum atomic E-state index is -3.54. The molecule has 144 valence electrons. The second kappa shape index (κ2) is 6.27. The summed E-state index contributed by atoms with van der Waals surface area (Å²) >= 11 is 0. The average Bonchev–Trinajstić information content (AvgIpc) is 3.22. The third-order valence-electron chi connectivity index (χ3n) is 4.53. The van der Waals surface area contributed by atoms with Crippen molar-refractivity contribution in [1.82, 2.24) is 34.5 Å². The summed E-state index contributed by atoms with van der Waals surface area (Å²) in [6.45, 7) is 8.06. The number of hydrogen-bond donors (Lipinski definition) is 2. The lowest BCUT2D eigenvalue weighted by Gasteiger charge is -2.40. The molecule has 3 aromatic rings. The Bertz CT molecular complexity index is 1050. The molecule has 10 nitrogen and oxygen atoms in total. The van der Waals surface area contributed by atoms with Crippen molar-refractivity contribution in [2.75, 3.05) is 24.5 Å². The fraction of sp³-hybridized carbons (Fsp3) is 0.500. The van der Waals surface area contributed by atoms with Crippen LogP contribution in [0.5, 0.6) is 0 Å². The lowest BCUT2D eigenvalue weighted by molar-refractivity contribution is 0.401. The van der Waals surface area contributed by atoms with Gasteiger partial charge in [0, 0.05) is 31.0 Å². The van der Waals surface area contributed by atoms with Crippen LogP contribution in [0.3, 0.4) is 0 Å². The molecule has 2 N–H and O–H groups in total. The number of nitrogens with zero attached hydrogens (tertiary/aromatic N) is 6. The smallest absolute Gasteiger partial charge is 0.257 e. The Kier molecular flexibility index (Phi) is 4.15. The Morgan fingerprint density at radius 2 is 2.04 bits per heavy atom. The highest BCUT2D eigenvalue weighted by Gasteiger charge is 2.30. The van der Waals surface area contributed by atoms with E-state index in [1.165, 1.54) is 12.5 Å². The molecule has 0 saturated carbocycles. The number of anilines is 1. The molecule has 0 amide bonds. The Morgan fingerprint density at radius 1 is 1.26 bits per heavy atom. The van der Waals surface area contributed by atoms with Crippen molar-refractivity contribution in [2.24, 2.45) is 5.92 Å². The number of hydrogen-bond acceptors (Lipinski definition) is 7. The van der Waals surface area contributed by atoms with Crippen LogP contribution in [0.4, 0.5) is 5.82 Å². The van der Waals surface area contributed by atoms with Gasteiger partial charge in [-0.25, -0.2) is 18.1 Å². The van der Waals surface area contributed by atoms with Gasteiger partial charge in [-0.05, 0) is 12.1 Å². The summed E-state index contributed by atoms with van der Waals surface area (Å²) in [6.07, 6.45) is 2.64. The molecular weight excluding hydrogens is 368 g/mol. The van der Waals surface area contributed by atoms with Gasteiger partial charge in [-0.3, -0.25) is 0 Å². The van der Waals surface area contributed by atoms with Crippen molar-refractivity contribution in [3.63, 3.8) is 0 Å². The van der Waals surface area contributed by atoms with Crippen LogP contribution in [0.2, 0.25) is 0 Å². The lowest BCUT2D eigenvalue weighted by atomic mass is 9.96. The van der Waals surface area contributed by atoms with Gasteiger partial charge in [-0.2, -0.15) is 4.52 Å². The van der Waals surface area contributed by atoms with Gasteiger partial charge < -0.3 is 9.88 Å². The van der Waals surface area contributed by atoms with Crippen LogP contribution in [0.15, 0.2) is 29.7 Å². The zero-order valence-corrected chi connectivity index (χ0v) is 16.2. The minimum Gasteiger partial charge on any atom is -0.354 e. The second-order valence-corrected chi connectivity index (χ2v) is 9.51. The molecule has 4 heterocycles. The van der Waals surface area contributed by atoms with Crippen LogP contribution in [-0.2, 0) is 15.4 Å². The number of rotatable bonds is 5. The molecule has 1 aliphatic heterocycles. The van der Waals surface area contributed by atoms with E-state index in [2.05, 4.69) is 55.7 Å². The maximum Gasteiger partial charge on any atom is 0.257 e. The normalized spacial score (nSPS) is 16.0. The summed E-state index contributed by atoms with van der Waals surface area (Å²) in [5.41, 5.74) is 0.557. The van der Waals surface area contributed by atoms with Gasteiger partial charge in [0.05, 0.1) is 12.5 Å². The van der Waals surface area contributed by atoms with Crippen molar-refractivity contribution < 1.29 is 8.42 Å². The maximum absolute atomic E-state index is 12.1. The first-order chi connectivity index (χ1) is 12.7. The Hall–Kier alpha value is -2.53. The van der Waals surface area contributed by atoms with E-state index in [-0.39, 0.29) is 16.4 Å². The van der Waals surface area contributed by atoms with Gasteiger partial charge >= 0.3 is 0 Å². The molecule has 4 rings (SSSR count). The minimum absolute atomic E-state index is 0.0770. The van der Waals surface area contributed by atoms with Crippen LogP contribution in [0.1, 0.15) is 26.6 Å². The summed E-state index contributed by atoms with van der Waals surface area (Å²) < 4.78 is 28.6. The van der Waals surface area contributed by atoms with Crippen LogP contribution in [0, 0.1) is 5.92 Å². The highest BCUT2D eigenvalue weighted by molar-refractivity contribution is 7.89. The summed E-state index contributed by atoms with van der Waals surface area (Å²) in [4.78, 5) is 8.46. The molecule has 3 aromatic heterocycles. The molecule has 27 heavy (non-hydrogen) atoms. The van der Waals surface area contributed by atoms with Gasteiger partial charge in [-0.1, -0.05) is 20.8 Å². The molecule has 0 aromatic carbocycles. The number of aromatic amines is 1. The Balaban J connectivity index is 1.41. The predicted molar refractivity (Wildman–Crippen MR) is 99.0 cm³/mol. The zero-order chi connectivity index (χ0) is 19.2. The number of sulfonamides is 1. The standard InChI is InChI=1S/C16H22N8O2S/c1-16(2,3)15-21-20-12-4-5-13(22-24(12)15)23-8-11(9-23)6-19-27(25,26)14-7-17-10-18-14/h4-5,7,10-11,19H,6,8-9H2,1-3H3,(H,17,18). The molecule has 0 bridgehead atoms. The van der Waals surface area contributed by atoms with Crippen molar-refractivity contribution in [1.29, 1.82) is 0 Å². The SMILES string of the molecule is CC(C)(C)c1nnc2ccc(N3CC(CNS(=O)(=O)c4cnc[nH]4)C3)nn12. The van der Waals surface area contributed by atoms with Crippen molar-refractivity contribution in [2.45, 2.75) is 31.2 Å². The van der Waals surface area contributed by atoms with E-state index >= 15 is 0 Å². The summed E-state index contributed by atoms with van der Waals surface area (Å²) in [5.74, 6) is 1.87. The largest absolute Gasteiger partial charge is 0.354 e. The topological polar surface area (TPSA) is 121 Å². The van der Waals surface area contributed by atoms with Crippen molar-refractivity contribution in [3.05, 3.63) is 30.5 Å². The predicted octanol–water partition coefficient (Wildman–Crippen LogP) is 0.560. The monoisotopic (exact) mass is 390 g/mol. The van der Waals surface area contributed by atoms with Gasteiger partial charge in [0.2, 0.25) is 0 Å². The van der Waals surface area contributed by atoms with Crippen molar-refractivity contribution >= 4 is 21.5 Å². The maximum atomic E-state index is 12.1. The molecule has 0 unspecified atom stereocenters. The highest BCUT2D eigenvalue weighted by atomic mass is 32.2. The zero-order valence-electron chi connectivity index (χ0n) is 15.4. The molecule has 1 saturated heterocycles. The first kappa shape index (κ1) is 17.9. The number of fused-ring (bicyclic) bond motifs is 1. The third-order valence-corrected chi connectivity index (χ3v) is 5.87. The van der Waals surface area contributed by atoms with E-state index in [1.807, 2.05) is 12.1 Å². The fourth-order valence-corrected chi connectivity index (χ4v) is 4.02. The number of aromatic nitrogens is 6. The van der Waals surface area contributed by atoms with E-state index in [9.17, 15) is 8.42 Å². The van der Waals surface area contributed by atoms with E-state index in [0.717, 1.165) is 24.7 Å². The fourth-order valence-electron chi connectivity index (χ4n) is 3.00. The van der Waals surface area contributed by atoms with Crippen LogP contribution >= 0.6 is 0 Å². The molecular formula is C16H22N8O2S. The summed E-state index contributed by atoms with van der Waals surface area (Å²) in [6, 6.07) is 3.82. The van der Waals surface area contributed by atoms with Crippen LogP contribution in [-0.4, -0.2) is 57.8 Å². The first-order valence-corrected chi connectivity index (χ1v) is 10.2. The summed E-state index contributed by atoms with van der Waals surface area (Å²) in [7, 11) is -3.54. The highest BCUT2D eigenvalue weighted by Crippen LogP contribution is 2.25. The quantitative estimate of drug-likeness (QED) is 0.653. The molecule has 0 spiro atoms. The van der Waals surface area contributed by atoms with Gasteiger partial charge in [-0.15, -0.1) is 15.3 Å². The van der Waals surface area contributed by atoms with Crippen LogP contribution in [0.25, 0.3) is 5.65 Å². The molecule has 0 aliphatic carbocycles. The molecule has 1 fully saturated rings. The molecule has 0 atom stereocenters. The van der Waals surface area contributed by atoms with Gasteiger partial charge in [0.15, 0.2) is 16.5 Å². The van der Waals surface area contributed by atoms with E-state index in [1.54, 1.807) is 4.52 Å². The lowest BCUT2D eigenvalue weighted by Crippen LogP contribution is -2.52. The summed E-state index contributed by atoms with van der Waals surface area (Å²) in [5, 5.41) is 13.2.